The highest BCUT2D eigenvalue weighted by Gasteiger charge is 2.43. The first-order valence-electron chi connectivity index (χ1n) is 7.69. The van der Waals surface area contributed by atoms with Crippen molar-refractivity contribution in [3.05, 3.63) is 35.9 Å². The zero-order valence-electron chi connectivity index (χ0n) is 13.2. The second-order valence-corrected chi connectivity index (χ2v) is 9.21. The second kappa shape index (κ2) is 8.02. The highest BCUT2D eigenvalue weighted by atomic mass is 32.2. The Labute approximate surface area is 145 Å². The molecule has 0 spiro atoms. The molecule has 1 heterocycles. The van der Waals surface area contributed by atoms with Crippen molar-refractivity contribution in [3.63, 3.8) is 0 Å². The number of aliphatic carboxylic acids is 1. The Balaban J connectivity index is 1.84. The van der Waals surface area contributed by atoms with Crippen LogP contribution in [0.15, 0.2) is 30.3 Å². The number of thioether (sulfide) groups is 1. The van der Waals surface area contributed by atoms with Crippen LogP contribution in [0.4, 0.5) is 0 Å². The molecule has 2 N–H and O–H groups in total. The van der Waals surface area contributed by atoms with Gasteiger partial charge in [0.05, 0.1) is 5.75 Å². The van der Waals surface area contributed by atoms with Crippen molar-refractivity contribution in [2.75, 3.05) is 23.0 Å². The Morgan fingerprint density at radius 3 is 2.54 bits per heavy atom. The number of carboxylic acid groups (broad SMARTS) is 1. The van der Waals surface area contributed by atoms with E-state index >= 15 is 0 Å². The van der Waals surface area contributed by atoms with Gasteiger partial charge in [0.2, 0.25) is 5.91 Å². The molecule has 1 atom stereocenters. The molecule has 0 aromatic heterocycles. The first-order valence-corrected chi connectivity index (χ1v) is 10.7. The molecule has 1 aromatic rings. The van der Waals surface area contributed by atoms with Crippen LogP contribution in [0.5, 0.6) is 0 Å². The Hall–Kier alpha value is -1.54. The summed E-state index contributed by atoms with van der Waals surface area (Å²) in [5.74, 6) is -1.70. The number of aryl methyl sites for hydroxylation is 1. The van der Waals surface area contributed by atoms with E-state index in [-0.39, 0.29) is 11.5 Å². The SMILES string of the molecule is O=C(CS(=O)(=O)CCCc1ccccc1)NC1(C(=O)O)CCSC1. The molecule has 0 saturated carbocycles. The third-order valence-corrected chi connectivity index (χ3v) is 6.73. The van der Waals surface area contributed by atoms with Gasteiger partial charge in [0.15, 0.2) is 9.84 Å². The van der Waals surface area contributed by atoms with E-state index in [1.807, 2.05) is 30.3 Å². The van der Waals surface area contributed by atoms with Crippen molar-refractivity contribution in [2.24, 2.45) is 0 Å². The first-order chi connectivity index (χ1) is 11.3. The number of nitrogens with one attached hydrogen (secondary N) is 1. The lowest BCUT2D eigenvalue weighted by Gasteiger charge is -2.24. The molecule has 1 fully saturated rings. The number of sulfone groups is 1. The van der Waals surface area contributed by atoms with Gasteiger partial charge in [0.25, 0.3) is 0 Å². The van der Waals surface area contributed by atoms with E-state index in [4.69, 9.17) is 0 Å². The van der Waals surface area contributed by atoms with Gasteiger partial charge in [0, 0.05) is 5.75 Å². The van der Waals surface area contributed by atoms with Crippen LogP contribution in [0.25, 0.3) is 0 Å². The summed E-state index contributed by atoms with van der Waals surface area (Å²) >= 11 is 1.44. The Kier molecular flexibility index (Phi) is 6.28. The average molecular weight is 371 g/mol. The summed E-state index contributed by atoms with van der Waals surface area (Å²) in [5, 5.41) is 11.7. The molecule has 6 nitrogen and oxygen atoms in total. The van der Waals surface area contributed by atoms with Crippen molar-refractivity contribution in [1.29, 1.82) is 0 Å². The molecule has 1 amide bonds. The van der Waals surface area contributed by atoms with Crippen molar-refractivity contribution in [2.45, 2.75) is 24.8 Å². The third kappa shape index (κ3) is 5.24. The van der Waals surface area contributed by atoms with Crippen molar-refractivity contribution < 1.29 is 23.1 Å². The number of hydrogen-bond acceptors (Lipinski definition) is 5. The average Bonchev–Trinajstić information content (AvgIpc) is 2.97. The summed E-state index contributed by atoms with van der Waals surface area (Å²) in [7, 11) is -3.56. The lowest BCUT2D eigenvalue weighted by atomic mass is 9.99. The number of carbonyl (C=O) groups is 2. The predicted octanol–water partition coefficient (Wildman–Crippen LogP) is 1.11. The molecule has 1 aromatic carbocycles. The van der Waals surface area contributed by atoms with Crippen LogP contribution in [0.2, 0.25) is 0 Å². The van der Waals surface area contributed by atoms with Gasteiger partial charge in [-0.3, -0.25) is 4.79 Å². The van der Waals surface area contributed by atoms with Crippen LogP contribution >= 0.6 is 11.8 Å². The fourth-order valence-electron chi connectivity index (χ4n) is 2.60. The monoisotopic (exact) mass is 371 g/mol. The number of hydrogen-bond donors (Lipinski definition) is 2. The normalized spacial score (nSPS) is 20.7. The minimum Gasteiger partial charge on any atom is -0.479 e. The van der Waals surface area contributed by atoms with Crippen LogP contribution < -0.4 is 5.32 Å². The van der Waals surface area contributed by atoms with E-state index in [2.05, 4.69) is 5.32 Å². The molecule has 2 rings (SSSR count). The topological polar surface area (TPSA) is 101 Å². The zero-order chi connectivity index (χ0) is 17.6. The maximum absolute atomic E-state index is 12.1. The Morgan fingerprint density at radius 1 is 1.25 bits per heavy atom. The predicted molar refractivity (Wildman–Crippen MR) is 93.9 cm³/mol. The van der Waals surface area contributed by atoms with Crippen LogP contribution in [0.1, 0.15) is 18.4 Å². The third-order valence-electron chi connectivity index (χ3n) is 3.92. The summed E-state index contributed by atoms with van der Waals surface area (Å²) in [6, 6.07) is 9.52. The smallest absolute Gasteiger partial charge is 0.330 e. The summed E-state index contributed by atoms with van der Waals surface area (Å²) in [4.78, 5) is 23.4. The van der Waals surface area contributed by atoms with E-state index in [1.165, 1.54) is 11.8 Å². The van der Waals surface area contributed by atoms with E-state index in [0.29, 0.717) is 25.0 Å². The van der Waals surface area contributed by atoms with Crippen LogP contribution in [0, 0.1) is 0 Å². The number of carbonyl (C=O) groups excluding carboxylic acids is 1. The molecule has 8 heteroatoms. The van der Waals surface area contributed by atoms with Gasteiger partial charge in [-0.05, 0) is 30.6 Å². The second-order valence-electron chi connectivity index (χ2n) is 5.92. The van der Waals surface area contributed by atoms with Gasteiger partial charge in [-0.2, -0.15) is 11.8 Å². The molecule has 0 radical (unpaired) electrons. The summed E-state index contributed by atoms with van der Waals surface area (Å²) in [5.41, 5.74) is -0.286. The fourth-order valence-corrected chi connectivity index (χ4v) is 5.13. The van der Waals surface area contributed by atoms with E-state index < -0.39 is 33.0 Å². The van der Waals surface area contributed by atoms with Crippen LogP contribution in [0.3, 0.4) is 0 Å². The molecule has 132 valence electrons. The van der Waals surface area contributed by atoms with Crippen molar-refractivity contribution >= 4 is 33.5 Å². The van der Waals surface area contributed by atoms with Crippen LogP contribution in [-0.4, -0.2) is 54.0 Å². The molecule has 1 unspecified atom stereocenters. The van der Waals surface area contributed by atoms with Gasteiger partial charge >= 0.3 is 5.97 Å². The van der Waals surface area contributed by atoms with Gasteiger partial charge in [-0.25, -0.2) is 13.2 Å². The number of benzene rings is 1. The van der Waals surface area contributed by atoms with E-state index in [9.17, 15) is 23.1 Å². The van der Waals surface area contributed by atoms with Gasteiger partial charge in [-0.1, -0.05) is 30.3 Å². The van der Waals surface area contributed by atoms with Crippen molar-refractivity contribution in [1.82, 2.24) is 5.32 Å². The Bertz CT molecular complexity index is 682. The molecular weight excluding hydrogens is 350 g/mol. The molecule has 0 aliphatic carbocycles. The highest BCUT2D eigenvalue weighted by molar-refractivity contribution is 7.99. The molecule has 0 bridgehead atoms. The molecule has 1 saturated heterocycles. The minimum absolute atomic E-state index is 0.0931. The molecule has 1 aliphatic heterocycles. The maximum atomic E-state index is 12.1. The minimum atomic E-state index is -3.56. The fraction of sp³-hybridized carbons (Fsp3) is 0.500. The zero-order valence-corrected chi connectivity index (χ0v) is 14.9. The number of carboxylic acids is 1. The largest absolute Gasteiger partial charge is 0.479 e. The summed E-state index contributed by atoms with van der Waals surface area (Å²) < 4.78 is 24.1. The van der Waals surface area contributed by atoms with Crippen molar-refractivity contribution in [3.8, 4) is 0 Å². The van der Waals surface area contributed by atoms with Gasteiger partial charge in [0.1, 0.15) is 11.3 Å². The quantitative estimate of drug-likeness (QED) is 0.710. The van der Waals surface area contributed by atoms with Gasteiger partial charge in [-0.15, -0.1) is 0 Å². The maximum Gasteiger partial charge on any atom is 0.330 e. The van der Waals surface area contributed by atoms with E-state index in [1.54, 1.807) is 0 Å². The van der Waals surface area contributed by atoms with Gasteiger partial charge < -0.3 is 10.4 Å². The Morgan fingerprint density at radius 2 is 1.96 bits per heavy atom. The molecule has 24 heavy (non-hydrogen) atoms. The molecular formula is C16H21NO5S2. The number of amides is 1. The lowest BCUT2D eigenvalue weighted by Crippen LogP contribution is -2.56. The summed E-state index contributed by atoms with van der Waals surface area (Å²) in [6.07, 6.45) is 1.36. The van der Waals surface area contributed by atoms with Crippen LogP contribution in [-0.2, 0) is 25.8 Å². The lowest BCUT2D eigenvalue weighted by molar-refractivity contribution is -0.146. The standard InChI is InChI=1S/C16H21NO5S2/c18-14(17-16(15(19)20)8-9-23-12-16)11-24(21,22)10-4-7-13-5-2-1-3-6-13/h1-3,5-6H,4,7-12H2,(H,17,18)(H,19,20). The number of rotatable bonds is 8. The summed E-state index contributed by atoms with van der Waals surface area (Å²) in [6.45, 7) is 0. The highest BCUT2D eigenvalue weighted by Crippen LogP contribution is 2.28. The molecule has 1 aliphatic rings. The van der Waals surface area contributed by atoms with E-state index in [0.717, 1.165) is 5.56 Å². The first kappa shape index (κ1) is 18.8.